The van der Waals surface area contributed by atoms with E-state index in [2.05, 4.69) is 54.5 Å². The number of nitrogen functional groups attached to an aromatic ring is 1. The van der Waals surface area contributed by atoms with Gasteiger partial charge in [0.25, 0.3) is 0 Å². The molecule has 1 fully saturated rings. The number of likely N-dealkylation sites (N-methyl/N-ethyl adjacent to an activating group) is 1. The fourth-order valence-electron chi connectivity index (χ4n) is 4.52. The van der Waals surface area contributed by atoms with Gasteiger partial charge in [0.05, 0.1) is 6.33 Å². The highest BCUT2D eigenvalue weighted by Gasteiger charge is 2.44. The summed E-state index contributed by atoms with van der Waals surface area (Å²) < 4.78 is 7.61. The molecular formula is C23H30N8O3. The summed E-state index contributed by atoms with van der Waals surface area (Å²) in [5.74, 6) is 0.255. The van der Waals surface area contributed by atoms with Crippen LogP contribution < -0.4 is 11.1 Å². The number of benzene rings is 1. The van der Waals surface area contributed by atoms with Gasteiger partial charge in [0.1, 0.15) is 30.2 Å². The molecule has 1 saturated heterocycles. The highest BCUT2D eigenvalue weighted by molar-refractivity contribution is 5.83. The van der Waals surface area contributed by atoms with Crippen LogP contribution >= 0.6 is 0 Å². The molecule has 1 aromatic carbocycles. The third-order valence-electron chi connectivity index (χ3n) is 6.41. The first-order valence-electron chi connectivity index (χ1n) is 11.4. The molecule has 0 radical (unpaired) electrons. The van der Waals surface area contributed by atoms with Crippen LogP contribution in [0.4, 0.5) is 5.82 Å². The van der Waals surface area contributed by atoms with Crippen molar-refractivity contribution in [3.05, 3.63) is 48.7 Å². The zero-order valence-electron chi connectivity index (χ0n) is 19.0. The van der Waals surface area contributed by atoms with Crippen LogP contribution in [-0.2, 0) is 11.2 Å². The zero-order valence-corrected chi connectivity index (χ0v) is 19.0. The molecule has 5 rings (SSSR count). The summed E-state index contributed by atoms with van der Waals surface area (Å²) in [6.07, 6.45) is 2.36. The van der Waals surface area contributed by atoms with E-state index < -0.39 is 24.5 Å². The van der Waals surface area contributed by atoms with Crippen LogP contribution in [-0.4, -0.2) is 91.2 Å². The second-order valence-electron chi connectivity index (χ2n) is 8.75. The van der Waals surface area contributed by atoms with E-state index in [9.17, 15) is 10.2 Å². The number of aromatic nitrogens is 5. The van der Waals surface area contributed by atoms with Gasteiger partial charge in [-0.25, -0.2) is 15.0 Å². The minimum absolute atomic E-state index is 0.255. The summed E-state index contributed by atoms with van der Waals surface area (Å²) in [4.78, 5) is 17.7. The Morgan fingerprint density at radius 3 is 2.91 bits per heavy atom. The number of fused-ring (bicyclic) bond motifs is 2. The lowest BCUT2D eigenvalue weighted by atomic mass is 10.1. The summed E-state index contributed by atoms with van der Waals surface area (Å²) in [5, 5.41) is 26.0. The number of rotatable bonds is 9. The van der Waals surface area contributed by atoms with Crippen LogP contribution in [0.3, 0.4) is 0 Å². The summed E-state index contributed by atoms with van der Waals surface area (Å²) in [5.41, 5.74) is 9.21. The molecule has 0 unspecified atom stereocenters. The van der Waals surface area contributed by atoms with E-state index in [1.165, 1.54) is 23.6 Å². The smallest absolute Gasteiger partial charge is 0.167 e. The quantitative estimate of drug-likeness (QED) is 0.219. The van der Waals surface area contributed by atoms with E-state index in [4.69, 9.17) is 10.5 Å². The van der Waals surface area contributed by atoms with Gasteiger partial charge in [-0.15, -0.1) is 0 Å². The first kappa shape index (κ1) is 22.7. The van der Waals surface area contributed by atoms with Crippen molar-refractivity contribution in [1.29, 1.82) is 0 Å². The van der Waals surface area contributed by atoms with Crippen LogP contribution in [0.15, 0.2) is 43.1 Å². The van der Waals surface area contributed by atoms with Gasteiger partial charge in [-0.2, -0.15) is 0 Å². The number of para-hydroxylation sites is 1. The zero-order chi connectivity index (χ0) is 23.7. The van der Waals surface area contributed by atoms with Gasteiger partial charge in [0.2, 0.25) is 0 Å². The summed E-state index contributed by atoms with van der Waals surface area (Å²) in [7, 11) is 1.97. The second-order valence-corrected chi connectivity index (χ2v) is 8.75. The van der Waals surface area contributed by atoms with Crippen LogP contribution in [0.1, 0.15) is 11.8 Å². The van der Waals surface area contributed by atoms with Crippen molar-refractivity contribution in [1.82, 2.24) is 34.7 Å². The van der Waals surface area contributed by atoms with E-state index >= 15 is 0 Å². The highest BCUT2D eigenvalue weighted by atomic mass is 16.6. The first-order valence-corrected chi connectivity index (χ1v) is 11.4. The van der Waals surface area contributed by atoms with Gasteiger partial charge in [0, 0.05) is 36.7 Å². The molecule has 11 heteroatoms. The number of hydrogen-bond donors (Lipinski definition) is 5. The lowest BCUT2D eigenvalue weighted by Crippen LogP contribution is -2.40. The van der Waals surface area contributed by atoms with Crippen molar-refractivity contribution >= 4 is 27.9 Å². The number of aromatic amines is 1. The van der Waals surface area contributed by atoms with E-state index in [1.807, 2.05) is 13.1 Å². The fraction of sp³-hybridized carbons (Fsp3) is 0.435. The maximum Gasteiger partial charge on any atom is 0.167 e. The second kappa shape index (κ2) is 9.65. The molecule has 4 atom stereocenters. The number of nitrogens with one attached hydrogen (secondary N) is 2. The fourth-order valence-corrected chi connectivity index (χ4v) is 4.52. The predicted octanol–water partition coefficient (Wildman–Crippen LogP) is 0.273. The van der Waals surface area contributed by atoms with E-state index in [1.54, 1.807) is 4.57 Å². The van der Waals surface area contributed by atoms with Crippen LogP contribution in [0.25, 0.3) is 22.1 Å². The summed E-state index contributed by atoms with van der Waals surface area (Å²) in [6.45, 7) is 2.93. The number of nitrogens with two attached hydrogens (primary N) is 1. The largest absolute Gasteiger partial charge is 0.387 e. The van der Waals surface area contributed by atoms with Gasteiger partial charge < -0.3 is 35.9 Å². The van der Waals surface area contributed by atoms with Crippen molar-refractivity contribution < 1.29 is 14.9 Å². The topological polar surface area (TPSA) is 150 Å². The Bertz CT molecular complexity index is 1260. The van der Waals surface area contributed by atoms with E-state index in [0.717, 1.165) is 31.6 Å². The molecule has 0 aliphatic carbocycles. The highest BCUT2D eigenvalue weighted by Crippen LogP contribution is 2.32. The van der Waals surface area contributed by atoms with Gasteiger partial charge in [0.15, 0.2) is 17.7 Å². The Morgan fingerprint density at radius 1 is 1.18 bits per heavy atom. The molecule has 0 amide bonds. The van der Waals surface area contributed by atoms with E-state index in [-0.39, 0.29) is 5.82 Å². The molecule has 6 N–H and O–H groups in total. The molecule has 4 heterocycles. The Morgan fingerprint density at radius 2 is 2.03 bits per heavy atom. The number of aliphatic hydroxyl groups excluding tert-OH is 2. The van der Waals surface area contributed by atoms with Crippen LogP contribution in [0, 0.1) is 0 Å². The number of nitrogens with zero attached hydrogens (tertiary/aromatic N) is 5. The van der Waals surface area contributed by atoms with Crippen molar-refractivity contribution in [2.45, 2.75) is 31.0 Å². The third kappa shape index (κ3) is 4.36. The maximum atomic E-state index is 10.6. The van der Waals surface area contributed by atoms with Gasteiger partial charge >= 0.3 is 0 Å². The van der Waals surface area contributed by atoms with Crippen LogP contribution in [0.2, 0.25) is 0 Å². The standard InChI is InChI=1S/C23H30N8O3/c1-30(9-8-25-7-6-14-10-26-16-5-3-2-4-15(14)16)11-17-19(32)20(33)23(34-17)31-13-29-18-21(24)27-12-28-22(18)31/h2-5,10,12-13,17,19-20,23,25-26,32-33H,6-9,11H2,1H3,(H2,24,27,28)/t17-,19-,20-,23-/m1/s1. The average Bonchev–Trinajstić information content (AvgIpc) is 3.52. The van der Waals surface area contributed by atoms with Crippen molar-refractivity contribution in [2.24, 2.45) is 0 Å². The Kier molecular flexibility index (Phi) is 6.44. The van der Waals surface area contributed by atoms with Gasteiger partial charge in [-0.1, -0.05) is 18.2 Å². The normalized spacial score (nSPS) is 22.9. The number of aliphatic hydroxyl groups is 2. The molecule has 180 valence electrons. The molecule has 0 spiro atoms. The number of ether oxygens (including phenoxy) is 1. The van der Waals surface area contributed by atoms with Gasteiger partial charge in [-0.3, -0.25) is 4.57 Å². The number of H-pyrrole nitrogens is 1. The van der Waals surface area contributed by atoms with E-state index in [0.29, 0.717) is 17.7 Å². The van der Waals surface area contributed by atoms with Crippen molar-refractivity contribution in [3.8, 4) is 0 Å². The summed E-state index contributed by atoms with van der Waals surface area (Å²) in [6, 6.07) is 8.31. The van der Waals surface area contributed by atoms with Crippen molar-refractivity contribution in [3.63, 3.8) is 0 Å². The SMILES string of the molecule is CN(CCNCCc1c[nH]c2ccccc12)C[C@H]1O[C@@H](n2cnc3c(N)ncnc32)[C@H](O)[C@@H]1O. The molecule has 4 aromatic rings. The minimum atomic E-state index is -1.11. The summed E-state index contributed by atoms with van der Waals surface area (Å²) >= 11 is 0. The predicted molar refractivity (Wildman–Crippen MR) is 128 cm³/mol. The lowest BCUT2D eigenvalue weighted by Gasteiger charge is -2.23. The number of imidazole rings is 1. The first-order chi connectivity index (χ1) is 16.5. The third-order valence-corrected chi connectivity index (χ3v) is 6.41. The molecule has 11 nitrogen and oxygen atoms in total. The van der Waals surface area contributed by atoms with Gasteiger partial charge in [-0.05, 0) is 31.6 Å². The molecule has 1 aliphatic heterocycles. The maximum absolute atomic E-state index is 10.6. The monoisotopic (exact) mass is 466 g/mol. The van der Waals surface area contributed by atoms with Crippen LogP contribution in [0.5, 0.6) is 0 Å². The molecule has 3 aromatic heterocycles. The van der Waals surface area contributed by atoms with Crippen molar-refractivity contribution in [2.75, 3.05) is 39.0 Å². The Hall–Kier alpha value is -3.09. The molecule has 0 saturated carbocycles. The average molecular weight is 467 g/mol. The number of anilines is 1. The molecular weight excluding hydrogens is 436 g/mol. The minimum Gasteiger partial charge on any atom is -0.387 e. The Balaban J connectivity index is 1.10. The Labute approximate surface area is 196 Å². The molecule has 34 heavy (non-hydrogen) atoms. The molecule has 0 bridgehead atoms. The number of hydrogen-bond acceptors (Lipinski definition) is 9. The lowest BCUT2D eigenvalue weighted by molar-refractivity contribution is -0.0420. The molecule has 1 aliphatic rings.